The average molecular weight is 312 g/mol. The molecule has 0 amide bonds. The maximum atomic E-state index is 13.2. The van der Waals surface area contributed by atoms with Gasteiger partial charge in [-0.2, -0.15) is 13.2 Å². The van der Waals surface area contributed by atoms with Crippen LogP contribution < -0.4 is 0 Å². The maximum absolute atomic E-state index is 13.2. The number of carboxylic acid groups (broad SMARTS) is 1. The number of carbonyl (C=O) groups is 1. The molecule has 118 valence electrons. The van der Waals surface area contributed by atoms with Gasteiger partial charge in [-0.15, -0.1) is 0 Å². The fourth-order valence-corrected chi connectivity index (χ4v) is 2.21. The van der Waals surface area contributed by atoms with E-state index in [1.807, 2.05) is 0 Å². The van der Waals surface area contributed by atoms with Gasteiger partial charge in [-0.05, 0) is 28.8 Å². The molecule has 2 unspecified atom stereocenters. The Bertz CT molecular complexity index is 667. The molecule has 0 aliphatic rings. The van der Waals surface area contributed by atoms with Crippen LogP contribution in [-0.4, -0.2) is 23.4 Å². The minimum atomic E-state index is -4.69. The van der Waals surface area contributed by atoms with Gasteiger partial charge in [-0.1, -0.05) is 43.3 Å². The molecule has 0 radical (unpaired) electrons. The van der Waals surface area contributed by atoms with Crippen LogP contribution in [0.4, 0.5) is 13.2 Å². The molecule has 22 heavy (non-hydrogen) atoms. The Kier molecular flexibility index (Phi) is 4.71. The van der Waals surface area contributed by atoms with Crippen molar-refractivity contribution in [1.29, 1.82) is 0 Å². The van der Waals surface area contributed by atoms with E-state index in [-0.39, 0.29) is 12.0 Å². The Morgan fingerprint density at radius 1 is 1.18 bits per heavy atom. The smallest absolute Gasteiger partial charge is 0.418 e. The van der Waals surface area contributed by atoms with Crippen molar-refractivity contribution in [3.05, 3.63) is 48.0 Å². The van der Waals surface area contributed by atoms with Crippen molar-refractivity contribution in [2.75, 3.05) is 0 Å². The third kappa shape index (κ3) is 3.57. The number of carboxylic acids is 1. The summed E-state index contributed by atoms with van der Waals surface area (Å²) in [6.45, 7) is 1.46. The van der Waals surface area contributed by atoms with Gasteiger partial charge < -0.3 is 9.84 Å². The second-order valence-corrected chi connectivity index (χ2v) is 4.90. The fraction of sp³-hybridized carbons (Fsp3) is 0.312. The Morgan fingerprint density at radius 2 is 1.82 bits per heavy atom. The number of ether oxygens (including phenoxy) is 1. The number of hydrogen-bond acceptors (Lipinski definition) is 2. The van der Waals surface area contributed by atoms with E-state index >= 15 is 0 Å². The average Bonchev–Trinajstić information content (AvgIpc) is 2.46. The SMILES string of the molecule is CCC(OC(c1ccc2ccccc2c1)C(F)(F)F)C(=O)O. The third-order valence-electron chi connectivity index (χ3n) is 3.32. The minimum absolute atomic E-state index is 0.0461. The lowest BCUT2D eigenvalue weighted by Crippen LogP contribution is -2.32. The molecule has 2 aromatic carbocycles. The van der Waals surface area contributed by atoms with Crippen LogP contribution in [0.1, 0.15) is 25.0 Å². The van der Waals surface area contributed by atoms with E-state index in [2.05, 4.69) is 0 Å². The van der Waals surface area contributed by atoms with Crippen LogP contribution >= 0.6 is 0 Å². The Hall–Kier alpha value is -2.08. The molecule has 0 fully saturated rings. The number of halogens is 3. The van der Waals surface area contributed by atoms with Crippen LogP contribution in [0, 0.1) is 0 Å². The second kappa shape index (κ2) is 6.36. The highest BCUT2D eigenvalue weighted by molar-refractivity contribution is 5.83. The zero-order chi connectivity index (χ0) is 16.3. The molecule has 0 aromatic heterocycles. The Morgan fingerprint density at radius 3 is 2.36 bits per heavy atom. The first-order valence-corrected chi connectivity index (χ1v) is 6.76. The molecular weight excluding hydrogens is 297 g/mol. The second-order valence-electron chi connectivity index (χ2n) is 4.90. The molecule has 0 heterocycles. The van der Waals surface area contributed by atoms with Gasteiger partial charge in [0.1, 0.15) is 0 Å². The predicted molar refractivity (Wildman–Crippen MR) is 75.5 cm³/mol. The number of rotatable bonds is 5. The minimum Gasteiger partial charge on any atom is -0.479 e. The molecule has 2 aromatic rings. The van der Waals surface area contributed by atoms with E-state index in [4.69, 9.17) is 9.84 Å². The standard InChI is InChI=1S/C16H15F3O3/c1-2-13(15(20)21)22-14(16(17,18)19)12-8-7-10-5-3-4-6-11(10)9-12/h3-9,13-14H,2H2,1H3,(H,20,21). The van der Waals surface area contributed by atoms with Crippen LogP contribution in [0.25, 0.3) is 10.8 Å². The molecule has 3 nitrogen and oxygen atoms in total. The largest absolute Gasteiger partial charge is 0.479 e. The van der Waals surface area contributed by atoms with Crippen molar-refractivity contribution in [3.8, 4) is 0 Å². The Balaban J connectivity index is 2.41. The highest BCUT2D eigenvalue weighted by atomic mass is 19.4. The summed E-state index contributed by atoms with van der Waals surface area (Å²) in [6, 6.07) is 11.2. The summed E-state index contributed by atoms with van der Waals surface area (Å²) in [7, 11) is 0. The Labute approximate surface area is 125 Å². The lowest BCUT2D eigenvalue weighted by Gasteiger charge is -2.24. The van der Waals surface area contributed by atoms with Crippen LogP contribution in [0.15, 0.2) is 42.5 Å². The molecule has 0 saturated carbocycles. The molecule has 0 aliphatic carbocycles. The molecule has 0 spiro atoms. The molecule has 2 rings (SSSR count). The zero-order valence-corrected chi connectivity index (χ0v) is 11.8. The van der Waals surface area contributed by atoms with Crippen LogP contribution in [0.2, 0.25) is 0 Å². The molecule has 6 heteroatoms. The summed E-state index contributed by atoms with van der Waals surface area (Å²) in [4.78, 5) is 10.9. The highest BCUT2D eigenvalue weighted by Crippen LogP contribution is 2.38. The van der Waals surface area contributed by atoms with E-state index in [0.29, 0.717) is 5.39 Å². The van der Waals surface area contributed by atoms with Gasteiger partial charge in [0.15, 0.2) is 12.2 Å². The molecule has 2 atom stereocenters. The lowest BCUT2D eigenvalue weighted by molar-refractivity contribution is -0.238. The number of aliphatic carboxylic acids is 1. The van der Waals surface area contributed by atoms with E-state index in [1.165, 1.54) is 19.1 Å². The van der Waals surface area contributed by atoms with Crippen LogP contribution in [0.5, 0.6) is 0 Å². The number of fused-ring (bicyclic) bond motifs is 1. The van der Waals surface area contributed by atoms with Crippen molar-refractivity contribution in [1.82, 2.24) is 0 Å². The fourth-order valence-electron chi connectivity index (χ4n) is 2.21. The molecule has 1 N–H and O–H groups in total. The topological polar surface area (TPSA) is 46.5 Å². The van der Waals surface area contributed by atoms with Gasteiger partial charge in [0.05, 0.1) is 0 Å². The van der Waals surface area contributed by atoms with Crippen molar-refractivity contribution < 1.29 is 27.8 Å². The van der Waals surface area contributed by atoms with E-state index in [9.17, 15) is 18.0 Å². The third-order valence-corrected chi connectivity index (χ3v) is 3.32. The van der Waals surface area contributed by atoms with Crippen molar-refractivity contribution in [3.63, 3.8) is 0 Å². The zero-order valence-electron chi connectivity index (χ0n) is 11.8. The number of hydrogen-bond donors (Lipinski definition) is 1. The van der Waals surface area contributed by atoms with E-state index in [1.54, 1.807) is 30.3 Å². The number of alkyl halides is 3. The molecule has 0 bridgehead atoms. The summed E-state index contributed by atoms with van der Waals surface area (Å²) in [5.41, 5.74) is -0.106. The van der Waals surface area contributed by atoms with Crippen molar-refractivity contribution >= 4 is 16.7 Å². The van der Waals surface area contributed by atoms with E-state index < -0.39 is 24.4 Å². The van der Waals surface area contributed by atoms with Gasteiger partial charge in [0.25, 0.3) is 0 Å². The molecule has 0 saturated heterocycles. The maximum Gasteiger partial charge on any atom is 0.418 e. The number of benzene rings is 2. The monoisotopic (exact) mass is 312 g/mol. The highest BCUT2D eigenvalue weighted by Gasteiger charge is 2.44. The predicted octanol–water partition coefficient (Wildman–Crippen LogP) is 4.32. The van der Waals surface area contributed by atoms with Crippen molar-refractivity contribution in [2.45, 2.75) is 31.7 Å². The van der Waals surface area contributed by atoms with Gasteiger partial charge in [-0.3, -0.25) is 0 Å². The van der Waals surface area contributed by atoms with Crippen LogP contribution in [0.3, 0.4) is 0 Å². The first-order valence-electron chi connectivity index (χ1n) is 6.76. The summed E-state index contributed by atoms with van der Waals surface area (Å²) in [6.07, 6.45) is -8.50. The lowest BCUT2D eigenvalue weighted by atomic mass is 10.0. The van der Waals surface area contributed by atoms with E-state index in [0.717, 1.165) is 5.39 Å². The summed E-state index contributed by atoms with van der Waals surface area (Å²) < 4.78 is 44.6. The first kappa shape index (κ1) is 16.3. The van der Waals surface area contributed by atoms with Gasteiger partial charge in [-0.25, -0.2) is 4.79 Å². The van der Waals surface area contributed by atoms with Gasteiger partial charge in [0, 0.05) is 0 Å². The van der Waals surface area contributed by atoms with Crippen LogP contribution in [-0.2, 0) is 9.53 Å². The quantitative estimate of drug-likeness (QED) is 0.894. The summed E-state index contributed by atoms with van der Waals surface area (Å²) in [5.74, 6) is -1.41. The van der Waals surface area contributed by atoms with Crippen molar-refractivity contribution in [2.24, 2.45) is 0 Å². The molecular formula is C16H15F3O3. The molecule has 0 aliphatic heterocycles. The normalized spacial score (nSPS) is 14.7. The summed E-state index contributed by atoms with van der Waals surface area (Å²) in [5, 5.41) is 10.4. The first-order chi connectivity index (χ1) is 10.3. The van der Waals surface area contributed by atoms with Gasteiger partial charge >= 0.3 is 12.1 Å². The summed E-state index contributed by atoms with van der Waals surface area (Å²) >= 11 is 0. The van der Waals surface area contributed by atoms with Gasteiger partial charge in [0.2, 0.25) is 0 Å².